The van der Waals surface area contributed by atoms with E-state index in [2.05, 4.69) is 25.9 Å². The first-order valence-electron chi connectivity index (χ1n) is 8.01. The van der Waals surface area contributed by atoms with E-state index >= 15 is 0 Å². The number of rotatable bonds is 3. The van der Waals surface area contributed by atoms with Crippen molar-refractivity contribution in [3.8, 4) is 0 Å². The molecule has 1 fully saturated rings. The van der Waals surface area contributed by atoms with Crippen molar-refractivity contribution in [2.75, 3.05) is 18.0 Å². The van der Waals surface area contributed by atoms with Gasteiger partial charge in [0.1, 0.15) is 5.60 Å². The Morgan fingerprint density at radius 1 is 1.27 bits per heavy atom. The molecule has 0 amide bonds. The molecule has 26 heavy (non-hydrogen) atoms. The molecule has 1 aliphatic heterocycles. The highest BCUT2D eigenvalue weighted by atomic mass is 79.9. The van der Waals surface area contributed by atoms with Gasteiger partial charge < -0.3 is 15.0 Å². The Bertz CT molecular complexity index is 1100. The number of hydrogen-bond acceptors (Lipinski definition) is 5. The van der Waals surface area contributed by atoms with Gasteiger partial charge in [0.05, 0.1) is 22.5 Å². The van der Waals surface area contributed by atoms with Crippen molar-refractivity contribution in [1.29, 1.82) is 0 Å². The molecule has 9 heteroatoms. The minimum atomic E-state index is -3.77. The van der Waals surface area contributed by atoms with Gasteiger partial charge in [-0.2, -0.15) is 0 Å². The van der Waals surface area contributed by atoms with E-state index in [1.165, 1.54) is 12.1 Å². The van der Waals surface area contributed by atoms with E-state index in [9.17, 15) is 13.5 Å². The van der Waals surface area contributed by atoms with Crippen LogP contribution in [0.1, 0.15) is 12.0 Å². The Kier molecular flexibility index (Phi) is 4.07. The summed E-state index contributed by atoms with van der Waals surface area (Å²) in [7, 11) is -3.77. The summed E-state index contributed by atoms with van der Waals surface area (Å²) in [5.41, 5.74) is 1.09. The number of aromatic amines is 1. The number of nitrogens with two attached hydrogens (primary N) is 1. The molecule has 4 rings (SSSR count). The average molecular weight is 437 g/mol. The topological polar surface area (TPSA) is 112 Å². The number of primary sulfonamides is 1. The van der Waals surface area contributed by atoms with Gasteiger partial charge in [-0.15, -0.1) is 0 Å². The van der Waals surface area contributed by atoms with Crippen LogP contribution in [-0.4, -0.2) is 36.6 Å². The van der Waals surface area contributed by atoms with Crippen LogP contribution in [0.4, 0.5) is 5.95 Å². The second-order valence-corrected chi connectivity index (χ2v) is 8.88. The maximum atomic E-state index is 11.5. The van der Waals surface area contributed by atoms with E-state index in [1.54, 1.807) is 6.07 Å². The molecule has 0 bridgehead atoms. The molecule has 0 spiro atoms. The molecule has 2 aromatic carbocycles. The number of sulfonamides is 1. The number of nitrogens with one attached hydrogen (secondary N) is 1. The third-order valence-corrected chi connectivity index (χ3v) is 6.29. The molecule has 0 radical (unpaired) electrons. The fourth-order valence-electron chi connectivity index (χ4n) is 3.34. The van der Waals surface area contributed by atoms with Gasteiger partial charge >= 0.3 is 0 Å². The molecule has 1 aliphatic rings. The number of imidazole rings is 1. The molecule has 1 atom stereocenters. The van der Waals surface area contributed by atoms with Gasteiger partial charge in [-0.05, 0) is 36.2 Å². The number of halogens is 1. The van der Waals surface area contributed by atoms with Crippen LogP contribution in [0, 0.1) is 0 Å². The second kappa shape index (κ2) is 6.05. The zero-order valence-corrected chi connectivity index (χ0v) is 16.1. The molecule has 3 aromatic rings. The van der Waals surface area contributed by atoms with Crippen molar-refractivity contribution >= 4 is 42.9 Å². The zero-order valence-electron chi connectivity index (χ0n) is 13.7. The predicted molar refractivity (Wildman–Crippen MR) is 102 cm³/mol. The van der Waals surface area contributed by atoms with E-state index in [-0.39, 0.29) is 4.90 Å². The maximum Gasteiger partial charge on any atom is 0.238 e. The Labute approximate surface area is 159 Å². The van der Waals surface area contributed by atoms with Gasteiger partial charge in [-0.25, -0.2) is 18.5 Å². The summed E-state index contributed by atoms with van der Waals surface area (Å²) in [6, 6.07) is 12.1. The fraction of sp³-hybridized carbons (Fsp3) is 0.235. The molecule has 1 aromatic heterocycles. The lowest BCUT2D eigenvalue weighted by Crippen LogP contribution is -2.31. The van der Waals surface area contributed by atoms with E-state index in [0.717, 1.165) is 10.0 Å². The fourth-order valence-corrected chi connectivity index (χ4v) is 4.53. The molecule has 1 saturated heterocycles. The largest absolute Gasteiger partial charge is 0.383 e. The van der Waals surface area contributed by atoms with Crippen LogP contribution < -0.4 is 10.0 Å². The minimum absolute atomic E-state index is 0.0337. The standard InChI is InChI=1S/C17H17BrN4O3S/c18-13-4-2-1-3-12(13)17(23)7-8-22(10-17)16-20-14-6-5-11(26(19,24)25)9-15(14)21-16/h1-6,9,23H,7-8,10H2,(H,20,21)(H2,19,24,25). The van der Waals surface area contributed by atoms with Gasteiger partial charge in [0.2, 0.25) is 16.0 Å². The van der Waals surface area contributed by atoms with Gasteiger partial charge in [0.25, 0.3) is 0 Å². The summed E-state index contributed by atoms with van der Waals surface area (Å²) in [6.07, 6.45) is 0.565. The summed E-state index contributed by atoms with van der Waals surface area (Å²) < 4.78 is 23.9. The van der Waals surface area contributed by atoms with E-state index in [0.29, 0.717) is 36.5 Å². The number of hydrogen-bond donors (Lipinski definition) is 3. The Morgan fingerprint density at radius 3 is 2.77 bits per heavy atom. The Hall–Kier alpha value is -1.94. The smallest absolute Gasteiger partial charge is 0.238 e. The first-order valence-corrected chi connectivity index (χ1v) is 10.4. The van der Waals surface area contributed by atoms with Gasteiger partial charge in [-0.1, -0.05) is 34.1 Å². The number of nitrogens with zero attached hydrogens (tertiary/aromatic N) is 2. The van der Waals surface area contributed by atoms with E-state index in [4.69, 9.17) is 5.14 Å². The number of benzene rings is 2. The summed E-state index contributed by atoms with van der Waals surface area (Å²) in [5.74, 6) is 0.592. The van der Waals surface area contributed by atoms with Gasteiger partial charge in [0.15, 0.2) is 0 Å². The lowest BCUT2D eigenvalue weighted by atomic mass is 9.93. The molecule has 4 N–H and O–H groups in total. The summed E-state index contributed by atoms with van der Waals surface area (Å²) in [6.45, 7) is 1.01. The number of anilines is 1. The molecule has 0 aliphatic carbocycles. The second-order valence-electron chi connectivity index (χ2n) is 6.47. The van der Waals surface area contributed by atoms with E-state index < -0.39 is 15.6 Å². The SMILES string of the molecule is NS(=O)(=O)c1ccc2nc(N3CCC(O)(c4ccccc4Br)C3)[nH]c2c1. The number of aromatic nitrogens is 2. The Balaban J connectivity index is 1.66. The molecular weight excluding hydrogens is 420 g/mol. The monoisotopic (exact) mass is 436 g/mol. The molecular formula is C17H17BrN4O3S. The lowest BCUT2D eigenvalue weighted by Gasteiger charge is -2.24. The van der Waals surface area contributed by atoms with Gasteiger partial charge in [-0.3, -0.25) is 0 Å². The van der Waals surface area contributed by atoms with Crippen molar-refractivity contribution in [2.45, 2.75) is 16.9 Å². The van der Waals surface area contributed by atoms with Crippen molar-refractivity contribution in [2.24, 2.45) is 5.14 Å². The average Bonchev–Trinajstić information content (AvgIpc) is 3.18. The predicted octanol–water partition coefficient (Wildman–Crippen LogP) is 2.07. The number of fused-ring (bicyclic) bond motifs is 1. The molecule has 0 saturated carbocycles. The van der Waals surface area contributed by atoms with Crippen LogP contribution in [-0.2, 0) is 15.6 Å². The first-order chi connectivity index (χ1) is 12.3. The highest BCUT2D eigenvalue weighted by Gasteiger charge is 2.39. The van der Waals surface area contributed by atoms with Crippen molar-refractivity contribution in [1.82, 2.24) is 9.97 Å². The summed E-state index contributed by atoms with van der Waals surface area (Å²) >= 11 is 3.50. The number of aliphatic hydroxyl groups is 1. The number of H-pyrrole nitrogens is 1. The van der Waals surface area contributed by atoms with Crippen molar-refractivity contribution in [3.05, 3.63) is 52.5 Å². The lowest BCUT2D eigenvalue weighted by molar-refractivity contribution is 0.0598. The summed E-state index contributed by atoms with van der Waals surface area (Å²) in [4.78, 5) is 9.63. The number of β-amino-alcohol motifs (C(OH)–C–C–N with tert-alkyl or cyclic N) is 1. The van der Waals surface area contributed by atoms with Gasteiger partial charge in [0, 0.05) is 11.0 Å². The molecule has 7 nitrogen and oxygen atoms in total. The van der Waals surface area contributed by atoms with Crippen LogP contribution in [0.3, 0.4) is 0 Å². The van der Waals surface area contributed by atoms with E-state index in [1.807, 2.05) is 29.2 Å². The molecule has 1 unspecified atom stereocenters. The van der Waals surface area contributed by atoms with Crippen LogP contribution in [0.15, 0.2) is 51.8 Å². The minimum Gasteiger partial charge on any atom is -0.383 e. The normalized spacial score (nSPS) is 20.8. The maximum absolute atomic E-state index is 11.5. The molecule has 136 valence electrons. The Morgan fingerprint density at radius 2 is 2.04 bits per heavy atom. The highest BCUT2D eigenvalue weighted by molar-refractivity contribution is 9.10. The highest BCUT2D eigenvalue weighted by Crippen LogP contribution is 2.37. The van der Waals surface area contributed by atoms with Crippen LogP contribution in [0.5, 0.6) is 0 Å². The third kappa shape index (κ3) is 3.01. The quantitative estimate of drug-likeness (QED) is 0.581. The third-order valence-electron chi connectivity index (χ3n) is 4.69. The van der Waals surface area contributed by atoms with Crippen molar-refractivity contribution < 1.29 is 13.5 Å². The molecule has 2 heterocycles. The first kappa shape index (κ1) is 17.5. The zero-order chi connectivity index (χ0) is 18.5. The van der Waals surface area contributed by atoms with Crippen molar-refractivity contribution in [3.63, 3.8) is 0 Å². The van der Waals surface area contributed by atoms with Crippen LogP contribution in [0.25, 0.3) is 11.0 Å². The summed E-state index contributed by atoms with van der Waals surface area (Å²) in [5, 5.41) is 16.3. The van der Waals surface area contributed by atoms with Crippen LogP contribution >= 0.6 is 15.9 Å². The van der Waals surface area contributed by atoms with Crippen LogP contribution in [0.2, 0.25) is 0 Å².